The van der Waals surface area contributed by atoms with Gasteiger partial charge in [-0.1, -0.05) is 32.9 Å². The maximum atomic E-state index is 13.3. The first-order valence-electron chi connectivity index (χ1n) is 14.3. The van der Waals surface area contributed by atoms with Crippen molar-refractivity contribution in [2.45, 2.75) is 51.7 Å². The molecule has 10 heteroatoms. The summed E-state index contributed by atoms with van der Waals surface area (Å²) in [5.74, 6) is -0.0874. The van der Waals surface area contributed by atoms with Crippen molar-refractivity contribution in [1.82, 2.24) is 4.98 Å². The van der Waals surface area contributed by atoms with E-state index in [0.717, 1.165) is 36.5 Å². The van der Waals surface area contributed by atoms with Crippen molar-refractivity contribution in [2.24, 2.45) is 5.92 Å². The highest BCUT2D eigenvalue weighted by Gasteiger charge is 2.40. The summed E-state index contributed by atoms with van der Waals surface area (Å²) in [6.07, 6.45) is 4.72. The summed E-state index contributed by atoms with van der Waals surface area (Å²) >= 11 is 0. The van der Waals surface area contributed by atoms with Gasteiger partial charge in [0.1, 0.15) is 5.75 Å². The number of nitrogens with one attached hydrogen (secondary N) is 1. The SMILES string of the molecule is CC(C)(C)[Si](C)(C)Oc1ccc(N2C(=O)c3ccccc3C2=O)c(NC(=O)OCC2CCN(c3ccncc3)CC2)c1. The molecular weight excluding hydrogens is 548 g/mol. The first-order chi connectivity index (χ1) is 19.9. The molecule has 0 unspecified atom stereocenters. The zero-order chi connectivity index (χ0) is 30.1. The fourth-order valence-corrected chi connectivity index (χ4v) is 6.00. The third-order valence-corrected chi connectivity index (χ3v) is 12.9. The van der Waals surface area contributed by atoms with Crippen LogP contribution in [0.5, 0.6) is 5.75 Å². The van der Waals surface area contributed by atoms with Gasteiger partial charge in [0.25, 0.3) is 11.8 Å². The average molecular weight is 587 g/mol. The van der Waals surface area contributed by atoms with Crippen molar-refractivity contribution in [3.05, 3.63) is 78.1 Å². The first kappa shape index (κ1) is 29.3. The Morgan fingerprint density at radius 3 is 2.19 bits per heavy atom. The lowest BCUT2D eigenvalue weighted by atomic mass is 9.97. The van der Waals surface area contributed by atoms with E-state index in [4.69, 9.17) is 9.16 Å². The Morgan fingerprint density at radius 1 is 0.976 bits per heavy atom. The summed E-state index contributed by atoms with van der Waals surface area (Å²) in [7, 11) is -2.20. The Kier molecular flexibility index (Phi) is 8.09. The molecule has 2 aliphatic rings. The maximum Gasteiger partial charge on any atom is 0.411 e. The van der Waals surface area contributed by atoms with Crippen molar-refractivity contribution in [1.29, 1.82) is 0 Å². The molecule has 1 N–H and O–H groups in total. The quantitative estimate of drug-likeness (QED) is 0.242. The Balaban J connectivity index is 1.31. The zero-order valence-electron chi connectivity index (χ0n) is 24.8. The predicted octanol–water partition coefficient (Wildman–Crippen LogP) is 6.73. The summed E-state index contributed by atoms with van der Waals surface area (Å²) < 4.78 is 12.1. The average Bonchev–Trinajstić information content (AvgIpc) is 3.21. The van der Waals surface area contributed by atoms with E-state index in [1.807, 2.05) is 12.1 Å². The highest BCUT2D eigenvalue weighted by molar-refractivity contribution is 6.74. The van der Waals surface area contributed by atoms with Crippen LogP contribution in [0, 0.1) is 5.92 Å². The topological polar surface area (TPSA) is 101 Å². The van der Waals surface area contributed by atoms with Gasteiger partial charge < -0.3 is 14.1 Å². The Morgan fingerprint density at radius 2 is 1.60 bits per heavy atom. The van der Waals surface area contributed by atoms with Crippen molar-refractivity contribution in [3.63, 3.8) is 0 Å². The smallest absolute Gasteiger partial charge is 0.411 e. The van der Waals surface area contributed by atoms with Crippen molar-refractivity contribution < 1.29 is 23.5 Å². The first-order valence-corrected chi connectivity index (χ1v) is 17.2. The minimum Gasteiger partial charge on any atom is -0.543 e. The molecule has 9 nitrogen and oxygen atoms in total. The van der Waals surface area contributed by atoms with Crippen LogP contribution in [-0.2, 0) is 4.74 Å². The molecule has 0 saturated carbocycles. The van der Waals surface area contributed by atoms with E-state index in [-0.39, 0.29) is 28.9 Å². The molecule has 2 aliphatic heterocycles. The highest BCUT2D eigenvalue weighted by atomic mass is 28.4. The second-order valence-electron chi connectivity index (χ2n) is 12.4. The molecule has 0 aliphatic carbocycles. The van der Waals surface area contributed by atoms with Crippen LogP contribution in [0.4, 0.5) is 21.9 Å². The molecule has 42 heavy (non-hydrogen) atoms. The van der Waals surface area contributed by atoms with Gasteiger partial charge in [-0.15, -0.1) is 0 Å². The summed E-state index contributed by atoms with van der Waals surface area (Å²) in [6, 6.07) is 15.8. The van der Waals surface area contributed by atoms with Crippen LogP contribution in [0.2, 0.25) is 18.1 Å². The Hall–Kier alpha value is -4.18. The molecule has 0 spiro atoms. The molecule has 1 aromatic heterocycles. The Bertz CT molecular complexity index is 1440. The number of hydrogen-bond donors (Lipinski definition) is 1. The van der Waals surface area contributed by atoms with Crippen molar-refractivity contribution >= 4 is 43.3 Å². The zero-order valence-corrected chi connectivity index (χ0v) is 25.8. The lowest BCUT2D eigenvalue weighted by Gasteiger charge is -2.36. The minimum atomic E-state index is -2.20. The summed E-state index contributed by atoms with van der Waals surface area (Å²) in [4.78, 5) is 47.1. The van der Waals surface area contributed by atoms with Crippen molar-refractivity contribution in [2.75, 3.05) is 34.8 Å². The van der Waals surface area contributed by atoms with E-state index >= 15 is 0 Å². The monoisotopic (exact) mass is 586 g/mol. The number of piperidine rings is 1. The number of carbonyl (C=O) groups excluding carboxylic acids is 3. The number of pyridine rings is 1. The molecule has 3 amide bonds. The summed E-state index contributed by atoms with van der Waals surface area (Å²) in [6.45, 7) is 12.7. The molecule has 0 atom stereocenters. The van der Waals surface area contributed by atoms with Gasteiger partial charge in [0, 0.05) is 37.2 Å². The standard InChI is InChI=1S/C32H38N4O5Si/c1-32(2,3)42(4,5)41-24-10-11-28(36-29(37)25-8-6-7-9-26(25)30(36)38)27(20-24)34-31(39)40-21-22-14-18-35(19-15-22)23-12-16-33-17-13-23/h6-13,16-17,20,22H,14-15,18-19,21H2,1-5H3,(H,34,39). The van der Waals surface area contributed by atoms with E-state index in [1.165, 1.54) is 0 Å². The molecule has 1 saturated heterocycles. The molecule has 0 radical (unpaired) electrons. The van der Waals surface area contributed by atoms with Crippen LogP contribution < -0.4 is 19.5 Å². The number of aromatic nitrogens is 1. The molecule has 220 valence electrons. The van der Waals surface area contributed by atoms with E-state index in [0.29, 0.717) is 16.9 Å². The van der Waals surface area contributed by atoms with Gasteiger partial charge >= 0.3 is 6.09 Å². The highest BCUT2D eigenvalue weighted by Crippen LogP contribution is 2.40. The number of rotatable bonds is 7. The van der Waals surface area contributed by atoms with Crippen LogP contribution >= 0.6 is 0 Å². The molecule has 1 fully saturated rings. The number of amides is 3. The number of imide groups is 1. The van der Waals surface area contributed by atoms with Gasteiger partial charge in [-0.05, 0) is 73.3 Å². The fourth-order valence-electron chi connectivity index (χ4n) is 4.98. The molecule has 0 bridgehead atoms. The second-order valence-corrected chi connectivity index (χ2v) is 17.1. The predicted molar refractivity (Wildman–Crippen MR) is 166 cm³/mol. The molecule has 5 rings (SSSR count). The lowest BCUT2D eigenvalue weighted by Crippen LogP contribution is -2.43. The van der Waals surface area contributed by atoms with Gasteiger partial charge in [-0.2, -0.15) is 0 Å². The number of nitrogens with zero attached hydrogens (tertiary/aromatic N) is 3. The van der Waals surface area contributed by atoms with Crippen LogP contribution in [0.3, 0.4) is 0 Å². The molecule has 3 aromatic rings. The van der Waals surface area contributed by atoms with Gasteiger partial charge in [0.05, 0.1) is 29.1 Å². The van der Waals surface area contributed by atoms with Gasteiger partial charge in [-0.25, -0.2) is 9.69 Å². The number of hydrogen-bond acceptors (Lipinski definition) is 7. The second kappa shape index (κ2) is 11.6. The molecular formula is C32H38N4O5Si. The fraction of sp³-hybridized carbons (Fsp3) is 0.375. The Labute approximate surface area is 248 Å². The summed E-state index contributed by atoms with van der Waals surface area (Å²) in [5, 5.41) is 2.76. The van der Waals surface area contributed by atoms with E-state index in [1.54, 1.807) is 54.9 Å². The largest absolute Gasteiger partial charge is 0.543 e. The number of benzene rings is 2. The third-order valence-electron chi connectivity index (χ3n) is 8.51. The van der Waals surface area contributed by atoms with E-state index < -0.39 is 26.2 Å². The van der Waals surface area contributed by atoms with Gasteiger partial charge in [0.15, 0.2) is 0 Å². The number of anilines is 3. The maximum absolute atomic E-state index is 13.3. The van der Waals surface area contributed by atoms with Crippen molar-refractivity contribution in [3.8, 4) is 5.75 Å². The van der Waals surface area contributed by atoms with E-state index in [9.17, 15) is 14.4 Å². The number of ether oxygens (including phenoxy) is 1. The van der Waals surface area contributed by atoms with Crippen LogP contribution in [0.15, 0.2) is 67.0 Å². The normalized spacial score (nSPS) is 15.9. The number of carbonyl (C=O) groups is 3. The van der Waals surface area contributed by atoms with E-state index in [2.05, 4.69) is 49.1 Å². The van der Waals surface area contributed by atoms with Gasteiger partial charge in [-0.3, -0.25) is 19.9 Å². The minimum absolute atomic E-state index is 0.0479. The van der Waals surface area contributed by atoms with Crippen LogP contribution in [0.1, 0.15) is 54.3 Å². The third kappa shape index (κ3) is 6.04. The van der Waals surface area contributed by atoms with Gasteiger partial charge in [0.2, 0.25) is 8.32 Å². The van der Waals surface area contributed by atoms with Crippen LogP contribution in [-0.4, -0.2) is 50.9 Å². The number of fused-ring (bicyclic) bond motifs is 1. The lowest BCUT2D eigenvalue weighted by molar-refractivity contribution is 0.0925. The molecule has 3 heterocycles. The van der Waals surface area contributed by atoms with Crippen LogP contribution in [0.25, 0.3) is 0 Å². The summed E-state index contributed by atoms with van der Waals surface area (Å²) in [5.41, 5.74) is 2.35. The molecule has 2 aromatic carbocycles.